The predicted molar refractivity (Wildman–Crippen MR) is 105 cm³/mol. The van der Waals surface area contributed by atoms with Crippen LogP contribution in [0.25, 0.3) is 0 Å². The average molecular weight is 364 g/mol. The Balaban J connectivity index is 1.76. The molecule has 5 nitrogen and oxygen atoms in total. The van der Waals surface area contributed by atoms with E-state index in [0.717, 1.165) is 37.3 Å². The van der Waals surface area contributed by atoms with Gasteiger partial charge in [0.05, 0.1) is 11.0 Å². The molecule has 0 aromatic heterocycles. The Kier molecular flexibility index (Phi) is 7.78. The lowest BCUT2D eigenvalue weighted by atomic mass is 9.98. The van der Waals surface area contributed by atoms with Crippen molar-refractivity contribution in [1.29, 1.82) is 0 Å². The standard InChI is InChI=1S/C19H29N3O2S/c1-14-6-8-17(9-7-14)21-18(23)13-25-15(2)19(24)22-10-4-5-16(12-22)11-20-3/h6-9,15-16,20H,4-5,10-13H2,1-3H3,(H,21,23). The van der Waals surface area contributed by atoms with Crippen LogP contribution in [0.1, 0.15) is 25.3 Å². The molecule has 1 fully saturated rings. The first-order valence-electron chi connectivity index (χ1n) is 8.91. The zero-order chi connectivity index (χ0) is 18.2. The van der Waals surface area contributed by atoms with E-state index in [0.29, 0.717) is 5.92 Å². The summed E-state index contributed by atoms with van der Waals surface area (Å²) in [5.41, 5.74) is 1.95. The van der Waals surface area contributed by atoms with Crippen molar-refractivity contribution in [3.05, 3.63) is 29.8 Å². The van der Waals surface area contributed by atoms with E-state index in [2.05, 4.69) is 10.6 Å². The van der Waals surface area contributed by atoms with Gasteiger partial charge in [0.2, 0.25) is 11.8 Å². The maximum absolute atomic E-state index is 12.6. The van der Waals surface area contributed by atoms with E-state index in [1.54, 1.807) is 0 Å². The first-order valence-corrected chi connectivity index (χ1v) is 9.96. The summed E-state index contributed by atoms with van der Waals surface area (Å²) in [6.45, 7) is 6.51. The van der Waals surface area contributed by atoms with E-state index in [1.165, 1.54) is 18.2 Å². The lowest BCUT2D eigenvalue weighted by Gasteiger charge is -2.34. The molecule has 25 heavy (non-hydrogen) atoms. The first kappa shape index (κ1) is 19.8. The Morgan fingerprint density at radius 2 is 2.04 bits per heavy atom. The largest absolute Gasteiger partial charge is 0.341 e. The van der Waals surface area contributed by atoms with E-state index < -0.39 is 0 Å². The topological polar surface area (TPSA) is 61.4 Å². The number of thioether (sulfide) groups is 1. The Bertz CT molecular complexity index is 575. The molecule has 6 heteroatoms. The van der Waals surface area contributed by atoms with Gasteiger partial charge < -0.3 is 15.5 Å². The molecule has 1 aromatic carbocycles. The minimum atomic E-state index is -0.197. The number of hydrogen-bond donors (Lipinski definition) is 2. The summed E-state index contributed by atoms with van der Waals surface area (Å²) in [7, 11) is 1.95. The molecule has 1 aliphatic rings. The second-order valence-corrected chi connectivity index (χ2v) is 8.05. The minimum absolute atomic E-state index is 0.0693. The maximum atomic E-state index is 12.6. The number of piperidine rings is 1. The number of carbonyl (C=O) groups is 2. The van der Waals surface area contributed by atoms with Crippen LogP contribution in [0.3, 0.4) is 0 Å². The molecule has 1 aliphatic heterocycles. The Morgan fingerprint density at radius 3 is 2.72 bits per heavy atom. The van der Waals surface area contributed by atoms with E-state index in [1.807, 2.05) is 50.1 Å². The van der Waals surface area contributed by atoms with Crippen LogP contribution >= 0.6 is 11.8 Å². The second kappa shape index (κ2) is 9.82. The molecule has 1 heterocycles. The number of amides is 2. The Morgan fingerprint density at radius 1 is 1.32 bits per heavy atom. The molecule has 2 unspecified atom stereocenters. The molecule has 2 atom stereocenters. The normalized spacial score (nSPS) is 18.7. The third-order valence-electron chi connectivity index (χ3n) is 4.47. The van der Waals surface area contributed by atoms with Crippen molar-refractivity contribution < 1.29 is 9.59 Å². The smallest absolute Gasteiger partial charge is 0.235 e. The molecule has 0 aliphatic carbocycles. The highest BCUT2D eigenvalue weighted by Gasteiger charge is 2.27. The molecule has 138 valence electrons. The van der Waals surface area contributed by atoms with Crippen molar-refractivity contribution in [2.75, 3.05) is 37.8 Å². The maximum Gasteiger partial charge on any atom is 0.235 e. The van der Waals surface area contributed by atoms with Crippen LogP contribution in [0.5, 0.6) is 0 Å². The predicted octanol–water partition coefficient (Wildman–Crippen LogP) is 2.51. The van der Waals surface area contributed by atoms with Gasteiger partial charge in [0, 0.05) is 18.8 Å². The van der Waals surface area contributed by atoms with Gasteiger partial charge in [-0.05, 0) is 58.3 Å². The van der Waals surface area contributed by atoms with Gasteiger partial charge in [0.1, 0.15) is 0 Å². The van der Waals surface area contributed by atoms with E-state index in [9.17, 15) is 9.59 Å². The van der Waals surface area contributed by atoms with Gasteiger partial charge in [-0.25, -0.2) is 0 Å². The summed E-state index contributed by atoms with van der Waals surface area (Å²) in [5, 5.41) is 5.87. The lowest BCUT2D eigenvalue weighted by molar-refractivity contribution is -0.132. The van der Waals surface area contributed by atoms with Gasteiger partial charge in [-0.1, -0.05) is 17.7 Å². The second-order valence-electron chi connectivity index (χ2n) is 6.72. The Labute approximate surface area is 154 Å². The highest BCUT2D eigenvalue weighted by molar-refractivity contribution is 8.01. The molecule has 1 saturated heterocycles. The van der Waals surface area contributed by atoms with Crippen molar-refractivity contribution in [2.24, 2.45) is 5.92 Å². The number of benzene rings is 1. The van der Waals surface area contributed by atoms with Crippen LogP contribution in [0.15, 0.2) is 24.3 Å². The van der Waals surface area contributed by atoms with Gasteiger partial charge >= 0.3 is 0 Å². The number of carbonyl (C=O) groups excluding carboxylic acids is 2. The number of anilines is 1. The monoisotopic (exact) mass is 363 g/mol. The molecule has 1 aromatic rings. The fourth-order valence-electron chi connectivity index (χ4n) is 3.08. The van der Waals surface area contributed by atoms with Crippen LogP contribution < -0.4 is 10.6 Å². The number of rotatable bonds is 7. The molecule has 0 bridgehead atoms. The number of nitrogens with zero attached hydrogens (tertiary/aromatic N) is 1. The van der Waals surface area contributed by atoms with Crippen LogP contribution in [-0.2, 0) is 9.59 Å². The Hall–Kier alpha value is -1.53. The molecular weight excluding hydrogens is 334 g/mol. The molecule has 2 N–H and O–H groups in total. The summed E-state index contributed by atoms with van der Waals surface area (Å²) in [4.78, 5) is 26.6. The highest BCUT2D eigenvalue weighted by atomic mass is 32.2. The van der Waals surface area contributed by atoms with E-state index in [4.69, 9.17) is 0 Å². The summed E-state index contributed by atoms with van der Waals surface area (Å²) >= 11 is 1.40. The van der Waals surface area contributed by atoms with Crippen molar-refractivity contribution in [3.63, 3.8) is 0 Å². The summed E-state index contributed by atoms with van der Waals surface area (Å²) < 4.78 is 0. The van der Waals surface area contributed by atoms with Gasteiger partial charge in [-0.15, -0.1) is 11.8 Å². The van der Waals surface area contributed by atoms with Crippen LogP contribution in [-0.4, -0.2) is 54.4 Å². The van der Waals surface area contributed by atoms with Crippen molar-refractivity contribution in [3.8, 4) is 0 Å². The molecule has 2 amide bonds. The average Bonchev–Trinajstić information content (AvgIpc) is 2.61. The van der Waals surface area contributed by atoms with Gasteiger partial charge in [-0.2, -0.15) is 0 Å². The SMILES string of the molecule is CNCC1CCCN(C(=O)C(C)SCC(=O)Nc2ccc(C)cc2)C1. The van der Waals surface area contributed by atoms with Gasteiger partial charge in [0.15, 0.2) is 0 Å². The first-order chi connectivity index (χ1) is 12.0. The van der Waals surface area contributed by atoms with Crippen molar-refractivity contribution in [1.82, 2.24) is 10.2 Å². The summed E-state index contributed by atoms with van der Waals surface area (Å²) in [6, 6.07) is 7.71. The quantitative estimate of drug-likeness (QED) is 0.781. The number of likely N-dealkylation sites (tertiary alicyclic amines) is 1. The number of nitrogens with one attached hydrogen (secondary N) is 2. The fraction of sp³-hybridized carbons (Fsp3) is 0.579. The minimum Gasteiger partial charge on any atom is -0.341 e. The van der Waals surface area contributed by atoms with Gasteiger partial charge in [0.25, 0.3) is 0 Å². The molecule has 0 spiro atoms. The van der Waals surface area contributed by atoms with Crippen LogP contribution in [0, 0.1) is 12.8 Å². The van der Waals surface area contributed by atoms with Crippen LogP contribution in [0.4, 0.5) is 5.69 Å². The number of aryl methyl sites for hydroxylation is 1. The number of hydrogen-bond acceptors (Lipinski definition) is 4. The van der Waals surface area contributed by atoms with Gasteiger partial charge in [-0.3, -0.25) is 9.59 Å². The highest BCUT2D eigenvalue weighted by Crippen LogP contribution is 2.20. The van der Waals surface area contributed by atoms with E-state index in [-0.39, 0.29) is 22.8 Å². The zero-order valence-corrected chi connectivity index (χ0v) is 16.2. The van der Waals surface area contributed by atoms with Crippen molar-refractivity contribution in [2.45, 2.75) is 31.9 Å². The lowest BCUT2D eigenvalue weighted by Crippen LogP contribution is -2.45. The molecule has 0 saturated carbocycles. The molecule has 0 radical (unpaired) electrons. The van der Waals surface area contributed by atoms with Crippen molar-refractivity contribution >= 4 is 29.3 Å². The third kappa shape index (κ3) is 6.36. The fourth-order valence-corrected chi connectivity index (χ4v) is 3.85. The molecule has 2 rings (SSSR count). The molecular formula is C19H29N3O2S. The zero-order valence-electron chi connectivity index (χ0n) is 15.4. The van der Waals surface area contributed by atoms with E-state index >= 15 is 0 Å². The third-order valence-corrected chi connectivity index (χ3v) is 5.60. The summed E-state index contributed by atoms with van der Waals surface area (Å²) in [5.74, 6) is 0.896. The summed E-state index contributed by atoms with van der Waals surface area (Å²) in [6.07, 6.45) is 2.23. The van der Waals surface area contributed by atoms with Crippen LogP contribution in [0.2, 0.25) is 0 Å².